The van der Waals surface area contributed by atoms with Gasteiger partial charge in [0.05, 0.1) is 41.0 Å². The number of benzene rings is 4. The molecule has 27 heteroatoms. The van der Waals surface area contributed by atoms with Crippen LogP contribution < -0.4 is 10.6 Å². The molecule has 300 valence electrons. The van der Waals surface area contributed by atoms with Crippen LogP contribution in [0.25, 0.3) is 0 Å². The Bertz CT molecular complexity index is 2580. The molecule has 0 fully saturated rings. The van der Waals surface area contributed by atoms with E-state index in [0.717, 1.165) is 48.9 Å². The maximum atomic E-state index is 11.9. The average Bonchev–Trinajstić information content (AvgIpc) is 3.04. The van der Waals surface area contributed by atoms with Crippen molar-refractivity contribution in [2.75, 3.05) is 23.1 Å². The molecule has 4 aromatic carbocycles. The van der Waals surface area contributed by atoms with Crippen molar-refractivity contribution < 1.29 is 62.6 Å². The minimum atomic E-state index is -4.88. The van der Waals surface area contributed by atoms with Gasteiger partial charge in [0.1, 0.15) is 54.5 Å². The van der Waals surface area contributed by atoms with Gasteiger partial charge in [0.15, 0.2) is 19.7 Å². The average molecular weight is 934 g/mol. The van der Waals surface area contributed by atoms with Gasteiger partial charge in [-0.25, -0.2) is 33.7 Å². The Hall–Kier alpha value is -3.82. The number of phenols is 2. The topological polar surface area (TPSA) is 331 Å². The third kappa shape index (κ3) is 14.2. The van der Waals surface area contributed by atoms with Crippen LogP contribution in [0, 0.1) is 0 Å². The molecule has 0 atom stereocenters. The first-order chi connectivity index (χ1) is 25.6. The molecule has 4 N–H and O–H groups in total. The van der Waals surface area contributed by atoms with Crippen molar-refractivity contribution >= 4 is 147 Å². The summed E-state index contributed by atoms with van der Waals surface area (Å²) in [5.41, 5.74) is -0.382. The second kappa shape index (κ2) is 19.3. The largest absolute Gasteiger partial charge is 2.00 e. The summed E-state index contributed by atoms with van der Waals surface area (Å²) in [6.45, 7) is 2.44. The zero-order chi connectivity index (χ0) is 42.6. The molecule has 4 rings (SSSR count). The molecule has 4 aromatic rings. The second-order valence-corrected chi connectivity index (χ2v) is 18.7. The number of hydrogen-bond acceptors (Lipinski definition) is 18. The first-order valence-corrected chi connectivity index (χ1v) is 22.0. The van der Waals surface area contributed by atoms with Gasteiger partial charge in [-0.15, -0.1) is 20.5 Å². The summed E-state index contributed by atoms with van der Waals surface area (Å²) in [6.07, 6.45) is 1.62. The van der Waals surface area contributed by atoms with Crippen molar-refractivity contribution in [3.05, 3.63) is 70.7 Å². The van der Waals surface area contributed by atoms with E-state index in [1.165, 1.54) is 26.0 Å². The van der Waals surface area contributed by atoms with Gasteiger partial charge in [0, 0.05) is 38.5 Å². The van der Waals surface area contributed by atoms with Gasteiger partial charge in [-0.05, 0) is 48.5 Å². The predicted molar refractivity (Wildman–Crippen MR) is 204 cm³/mol. The van der Waals surface area contributed by atoms with Crippen LogP contribution in [-0.4, -0.2) is 115 Å². The maximum Gasteiger partial charge on any atom is 2.00 e. The maximum absolute atomic E-state index is 11.9. The Morgan fingerprint density at radius 3 is 1.12 bits per heavy atom. The van der Waals surface area contributed by atoms with Crippen LogP contribution >= 0.6 is 23.2 Å². The van der Waals surface area contributed by atoms with Crippen LogP contribution in [0.1, 0.15) is 13.8 Å². The van der Waals surface area contributed by atoms with E-state index in [0.29, 0.717) is 12.1 Å². The van der Waals surface area contributed by atoms with Crippen molar-refractivity contribution in [2.45, 2.75) is 33.4 Å². The van der Waals surface area contributed by atoms with E-state index < -0.39 is 71.3 Å². The van der Waals surface area contributed by atoms with Crippen LogP contribution in [0.3, 0.4) is 0 Å². The van der Waals surface area contributed by atoms with E-state index >= 15 is 0 Å². The summed E-state index contributed by atoms with van der Waals surface area (Å²) in [6, 6.07) is 9.79. The molecule has 0 aliphatic carbocycles. The number of hydrogen-bond donors (Lipinski definition) is 4. The van der Waals surface area contributed by atoms with E-state index in [1.54, 1.807) is 0 Å². The summed E-state index contributed by atoms with van der Waals surface area (Å²) in [7, 11) is -17.7. The number of amides is 2. The molecule has 57 heavy (non-hydrogen) atoms. The smallest absolute Gasteiger partial charge is 0.744 e. The van der Waals surface area contributed by atoms with Gasteiger partial charge < -0.3 is 30.0 Å². The molecule has 0 unspecified atom stereocenters. The van der Waals surface area contributed by atoms with Crippen molar-refractivity contribution in [1.29, 1.82) is 0 Å². The standard InChI is InChI=1S/2C15H14ClN3O7S2.Ca/c2*1-8(20)17-12-7-14(21)10(16)6-13(12)19-18-11-4-3-9(28(24,25)26)5-15(11)27(2,22)23;/h2*3-7,21H,1-2H3,(H,17,20)(H,24,25,26);/q;;+2/p-2. The number of phenolic OH excluding ortho intramolecular Hbond substituents is 2. The quantitative estimate of drug-likeness (QED) is 0.0916. The Morgan fingerprint density at radius 2 is 0.860 bits per heavy atom. The summed E-state index contributed by atoms with van der Waals surface area (Å²) in [5, 5.41) is 39.1. The summed E-state index contributed by atoms with van der Waals surface area (Å²) in [4.78, 5) is 20.0. The molecule has 0 aliphatic rings. The molecular weight excluding hydrogens is 908 g/mol. The second-order valence-electron chi connectivity index (χ2n) is 11.1. The molecule has 0 spiro atoms. The van der Waals surface area contributed by atoms with Gasteiger partial charge in [-0.2, -0.15) is 0 Å². The molecule has 0 radical (unpaired) electrons. The minimum absolute atomic E-state index is 0. The van der Waals surface area contributed by atoms with Crippen LogP contribution in [0.4, 0.5) is 34.1 Å². The third-order valence-corrected chi connectivity index (χ3v) is 11.0. The fraction of sp³-hybridized carbons (Fsp3) is 0.133. The van der Waals surface area contributed by atoms with E-state index in [-0.39, 0.29) is 93.4 Å². The van der Waals surface area contributed by atoms with Crippen molar-refractivity contribution in [2.24, 2.45) is 20.5 Å². The number of halogens is 2. The number of nitrogens with zero attached hydrogens (tertiary/aromatic N) is 4. The van der Waals surface area contributed by atoms with E-state index in [4.69, 9.17) is 23.2 Å². The van der Waals surface area contributed by atoms with Crippen molar-refractivity contribution in [1.82, 2.24) is 0 Å². The first-order valence-electron chi connectivity index (χ1n) is 14.6. The number of rotatable bonds is 10. The van der Waals surface area contributed by atoms with E-state index in [9.17, 15) is 62.6 Å². The fourth-order valence-electron chi connectivity index (χ4n) is 4.12. The van der Waals surface area contributed by atoms with Gasteiger partial charge in [0.2, 0.25) is 11.8 Å². The Morgan fingerprint density at radius 1 is 0.561 bits per heavy atom. The van der Waals surface area contributed by atoms with Crippen molar-refractivity contribution in [3.8, 4) is 11.5 Å². The fourth-order valence-corrected chi connectivity index (χ4v) is 7.24. The normalized spacial score (nSPS) is 12.1. The number of nitrogens with one attached hydrogen (secondary N) is 2. The minimum Gasteiger partial charge on any atom is -0.744 e. The molecular formula is C30H26CaCl2N6O14S4. The molecule has 0 heterocycles. The van der Waals surface area contributed by atoms with Crippen LogP contribution in [-0.2, 0) is 49.5 Å². The van der Waals surface area contributed by atoms with Gasteiger partial charge in [0.25, 0.3) is 0 Å². The molecule has 2 amide bonds. The third-order valence-electron chi connectivity index (χ3n) is 6.52. The zero-order valence-electron chi connectivity index (χ0n) is 29.5. The summed E-state index contributed by atoms with van der Waals surface area (Å²) >= 11 is 11.6. The van der Waals surface area contributed by atoms with Gasteiger partial charge in [-0.1, -0.05) is 23.2 Å². The van der Waals surface area contributed by atoms with Crippen LogP contribution in [0.2, 0.25) is 10.0 Å². The van der Waals surface area contributed by atoms with E-state index in [2.05, 4.69) is 31.1 Å². The number of carbonyl (C=O) groups excluding carboxylic acids is 2. The summed E-state index contributed by atoms with van der Waals surface area (Å²) < 4.78 is 115. The monoisotopic (exact) mass is 932 g/mol. The number of carbonyl (C=O) groups is 2. The molecule has 0 aliphatic heterocycles. The van der Waals surface area contributed by atoms with E-state index in [1.807, 2.05) is 0 Å². The van der Waals surface area contributed by atoms with Crippen LogP contribution in [0.15, 0.2) is 101 Å². The van der Waals surface area contributed by atoms with Gasteiger partial charge in [-0.3, -0.25) is 9.59 Å². The molecule has 0 bridgehead atoms. The number of azo groups is 2. The molecule has 0 saturated carbocycles. The number of aromatic hydroxyl groups is 2. The van der Waals surface area contributed by atoms with Crippen molar-refractivity contribution in [3.63, 3.8) is 0 Å². The first kappa shape index (κ1) is 49.3. The molecule has 0 aromatic heterocycles. The molecule has 0 saturated heterocycles. The zero-order valence-corrected chi connectivity index (χ0v) is 36.4. The SMILES string of the molecule is CC(=O)Nc1cc(O)c(Cl)cc1N=Nc1ccc(S(=O)(=O)[O-])cc1S(C)(=O)=O.CC(=O)Nc1cc(O)c(Cl)cc1N=Nc1ccc(S(=O)(=O)[O-])cc1S(C)(=O)=O.[Ca+2]. The number of sulfone groups is 2. The predicted octanol–water partition coefficient (Wildman–Crippen LogP) is 5.07. The Balaban J connectivity index is 0.000000387. The Kier molecular flexibility index (Phi) is 16.7. The summed E-state index contributed by atoms with van der Waals surface area (Å²) in [5.74, 6) is -1.60. The Labute approximate surface area is 365 Å². The van der Waals surface area contributed by atoms with Crippen LogP contribution in [0.5, 0.6) is 11.5 Å². The molecule has 20 nitrogen and oxygen atoms in total. The number of anilines is 2. The van der Waals surface area contributed by atoms with Gasteiger partial charge >= 0.3 is 37.7 Å².